The molecule has 3 heterocycles. The molecule has 0 amide bonds. The minimum absolute atomic E-state index is 0.0333. The molecule has 3 aliphatic carbocycles. The number of H-pyrrole nitrogens is 1. The van der Waals surface area contributed by atoms with Crippen molar-refractivity contribution < 1.29 is 25.6 Å². The fourth-order valence-corrected chi connectivity index (χ4v) is 11.8. The zero-order valence-electron chi connectivity index (χ0n) is 30.0. The van der Waals surface area contributed by atoms with Crippen LogP contribution in [0.2, 0.25) is 0 Å². The monoisotopic (exact) mass is 807 g/mol. The van der Waals surface area contributed by atoms with Crippen LogP contribution in [0.3, 0.4) is 0 Å². The van der Waals surface area contributed by atoms with E-state index in [0.717, 1.165) is 48.3 Å². The normalized spacial score (nSPS) is 22.7. The second kappa shape index (κ2) is 15.4. The van der Waals surface area contributed by atoms with Gasteiger partial charge in [0.1, 0.15) is 17.1 Å². The number of aromatic nitrogens is 1. The minimum atomic E-state index is -0.103. The molecule has 5 aromatic rings. The van der Waals surface area contributed by atoms with Gasteiger partial charge in [-0.1, -0.05) is 12.2 Å². The van der Waals surface area contributed by atoms with E-state index in [2.05, 4.69) is 143 Å². The molecule has 5 heteroatoms. The summed E-state index contributed by atoms with van der Waals surface area (Å²) in [6, 6.07) is 33.4. The third kappa shape index (κ3) is 7.06. The van der Waals surface area contributed by atoms with Gasteiger partial charge in [-0.25, -0.2) is 0 Å². The van der Waals surface area contributed by atoms with Crippen LogP contribution in [-0.4, -0.2) is 21.8 Å². The fourth-order valence-electron chi connectivity index (χ4n) is 8.94. The number of rotatable bonds is 11. The van der Waals surface area contributed by atoms with Crippen LogP contribution < -0.4 is 31.6 Å². The van der Waals surface area contributed by atoms with E-state index in [1.165, 1.54) is 47.8 Å². The number of halogens is 1. The summed E-state index contributed by atoms with van der Waals surface area (Å²) in [5, 5.41) is 0. The Morgan fingerprint density at radius 3 is 2.43 bits per heavy atom. The molecule has 4 aliphatic rings. The van der Waals surface area contributed by atoms with Crippen molar-refractivity contribution in [1.29, 1.82) is 0 Å². The van der Waals surface area contributed by atoms with Crippen LogP contribution in [-0.2, 0) is 0 Å². The number of furan rings is 1. The van der Waals surface area contributed by atoms with Crippen LogP contribution in [0.4, 0.5) is 0 Å². The van der Waals surface area contributed by atoms with E-state index in [9.17, 15) is 0 Å². The molecule has 4 nitrogen and oxygen atoms in total. The summed E-state index contributed by atoms with van der Waals surface area (Å²) in [5.74, 6) is 4.03. The summed E-state index contributed by atoms with van der Waals surface area (Å²) in [7, 11) is 0. The predicted molar refractivity (Wildman–Crippen MR) is 214 cm³/mol. The molecule has 0 fully saturated rings. The molecule has 3 N–H and O–H groups in total. The van der Waals surface area contributed by atoms with Gasteiger partial charge in [0.25, 0.3) is 6.21 Å². The van der Waals surface area contributed by atoms with E-state index in [1.807, 2.05) is 18.6 Å². The number of nitrogens with zero attached hydrogens (tertiary/aromatic N) is 1. The van der Waals surface area contributed by atoms with Gasteiger partial charge in [-0.15, -0.1) is 4.67 Å². The number of aromatic amines is 1. The molecule has 0 saturated heterocycles. The molecule has 2 aromatic heterocycles. The van der Waals surface area contributed by atoms with Gasteiger partial charge >= 0.3 is 215 Å². The van der Waals surface area contributed by atoms with Gasteiger partial charge in [0.15, 0.2) is 0 Å². The average molecular weight is 808 g/mol. The second-order valence-electron chi connectivity index (χ2n) is 14.9. The molecule has 266 valence electrons. The SMILES string of the molecule is NC(CC(C[I-]c1ccccc1)C1=CCC(c2ccc(C3CC4CCC=CC4c4c(-c5cc[nH]c5)oc(C5=CC=[N+]=C5)c43)cc2)C=C1)c1ccccc1. The van der Waals surface area contributed by atoms with Crippen molar-refractivity contribution in [2.75, 3.05) is 4.43 Å². The standard InChI is InChI=1S/C48H45IN3O/c50-44(36-9-3-1-4-10-36)28-40(29-49-41-12-5-2-6-13-41)34-17-15-32(16-18-34)33-19-21-35(22-20-33)43-27-37-11-7-8-14-42(37)45-46(43)48(39-24-26-52-31-39)53-47(45)38-23-25-51-30-38/h1-6,8-10,12-15,17-26,30-32,37,40,42-44H,7,11,16,27-29,50H2/q-1/p+1. The van der Waals surface area contributed by atoms with Gasteiger partial charge < -0.3 is 9.40 Å². The van der Waals surface area contributed by atoms with Crippen molar-refractivity contribution in [2.45, 2.75) is 55.9 Å². The van der Waals surface area contributed by atoms with Crippen LogP contribution >= 0.6 is 0 Å². The first-order valence-corrected chi connectivity index (χ1v) is 21.8. The summed E-state index contributed by atoms with van der Waals surface area (Å²) in [4.78, 5) is 3.26. The first kappa shape index (κ1) is 34.1. The van der Waals surface area contributed by atoms with Crippen molar-refractivity contribution in [3.63, 3.8) is 0 Å². The van der Waals surface area contributed by atoms with E-state index < -0.39 is 0 Å². The topological polar surface area (TPSA) is 69.1 Å². The number of nitrogens with two attached hydrogens (primary N) is 1. The average Bonchev–Trinajstić information content (AvgIpc) is 4.03. The van der Waals surface area contributed by atoms with Crippen LogP contribution in [0.5, 0.6) is 0 Å². The Bertz CT molecular complexity index is 2230. The number of alkyl halides is 1. The van der Waals surface area contributed by atoms with E-state index >= 15 is 0 Å². The first-order chi connectivity index (χ1) is 26.2. The quantitative estimate of drug-likeness (QED) is 0.0648. The molecule has 53 heavy (non-hydrogen) atoms. The number of nitrogens with one attached hydrogen (secondary N) is 1. The Morgan fingerprint density at radius 2 is 1.70 bits per heavy atom. The maximum atomic E-state index is 6.88. The van der Waals surface area contributed by atoms with Gasteiger partial charge in [-0.05, 0) is 24.8 Å². The molecule has 6 unspecified atom stereocenters. The molecular formula is C48H46IN3O. The van der Waals surface area contributed by atoms with Gasteiger partial charge in [-0.3, -0.25) is 0 Å². The van der Waals surface area contributed by atoms with Crippen LogP contribution in [0, 0.1) is 15.4 Å². The summed E-state index contributed by atoms with van der Waals surface area (Å²) in [6.07, 6.45) is 27.6. The Hall–Kier alpha value is -4.68. The van der Waals surface area contributed by atoms with E-state index in [1.54, 1.807) is 0 Å². The molecule has 0 radical (unpaired) electrons. The third-order valence-corrected chi connectivity index (χ3v) is 14.8. The number of hydrogen-bond acceptors (Lipinski definition) is 2. The number of fused-ring (bicyclic) bond motifs is 3. The summed E-state index contributed by atoms with van der Waals surface area (Å²) >= 11 is -0.103. The zero-order chi connectivity index (χ0) is 35.6. The zero-order valence-corrected chi connectivity index (χ0v) is 32.1. The Balaban J connectivity index is 0.975. The molecular weight excluding hydrogens is 761 g/mol. The third-order valence-electron chi connectivity index (χ3n) is 11.7. The van der Waals surface area contributed by atoms with Crippen molar-refractivity contribution in [2.24, 2.45) is 17.6 Å². The number of benzene rings is 3. The molecule has 0 bridgehead atoms. The fraction of sp³-hybridized carbons (Fsp3) is 0.250. The van der Waals surface area contributed by atoms with Gasteiger partial charge in [0.2, 0.25) is 0 Å². The van der Waals surface area contributed by atoms with Crippen molar-refractivity contribution in [3.05, 3.63) is 183 Å². The van der Waals surface area contributed by atoms with Crippen LogP contribution in [0.1, 0.15) is 89.5 Å². The molecule has 0 spiro atoms. The molecule has 0 saturated carbocycles. The Morgan fingerprint density at radius 1 is 0.887 bits per heavy atom. The maximum absolute atomic E-state index is 6.88. The number of hydrogen-bond donors (Lipinski definition) is 2. The van der Waals surface area contributed by atoms with E-state index in [0.29, 0.717) is 23.7 Å². The molecule has 9 rings (SSSR count). The van der Waals surface area contributed by atoms with Gasteiger partial charge in [-0.2, -0.15) is 0 Å². The summed E-state index contributed by atoms with van der Waals surface area (Å²) < 4.78 is 14.0. The first-order valence-electron chi connectivity index (χ1n) is 19.2. The van der Waals surface area contributed by atoms with Crippen molar-refractivity contribution in [1.82, 2.24) is 9.65 Å². The summed E-state index contributed by atoms with van der Waals surface area (Å²) in [5.41, 5.74) is 17.2. The second-order valence-corrected chi connectivity index (χ2v) is 17.8. The Labute approximate surface area is 323 Å². The Kier molecular flexibility index (Phi) is 9.88. The van der Waals surface area contributed by atoms with Crippen LogP contribution in [0.15, 0.2) is 150 Å². The van der Waals surface area contributed by atoms with Crippen molar-refractivity contribution >= 4 is 18.0 Å². The summed E-state index contributed by atoms with van der Waals surface area (Å²) in [6.45, 7) is 0. The predicted octanol–water partition coefficient (Wildman–Crippen LogP) is 7.10. The van der Waals surface area contributed by atoms with Crippen molar-refractivity contribution in [3.8, 4) is 11.3 Å². The van der Waals surface area contributed by atoms with E-state index in [-0.39, 0.29) is 33.2 Å². The number of allylic oxidation sites excluding steroid dienone is 8. The van der Waals surface area contributed by atoms with Gasteiger partial charge in [0, 0.05) is 35.5 Å². The van der Waals surface area contributed by atoms with Crippen LogP contribution in [0.25, 0.3) is 16.9 Å². The van der Waals surface area contributed by atoms with Gasteiger partial charge in [0.05, 0.1) is 0 Å². The molecule has 1 aliphatic heterocycles. The molecule has 3 aromatic carbocycles. The molecule has 6 atom stereocenters. The van der Waals surface area contributed by atoms with E-state index in [4.69, 9.17) is 10.2 Å².